The second kappa shape index (κ2) is 4.80. The summed E-state index contributed by atoms with van der Waals surface area (Å²) >= 11 is 0. The molecule has 3 rings (SSSR count). The quantitative estimate of drug-likeness (QED) is 0.678. The van der Waals surface area contributed by atoms with Crippen LogP contribution in [0, 0.1) is 13.8 Å². The molecule has 0 aliphatic rings. The number of benzene rings is 1. The van der Waals surface area contributed by atoms with Gasteiger partial charge in [0.05, 0.1) is 5.69 Å². The van der Waals surface area contributed by atoms with Crippen LogP contribution in [0.4, 0.5) is 5.69 Å². The third-order valence-corrected chi connectivity index (χ3v) is 4.01. The average molecular weight is 295 g/mol. The number of aryl methyl sites for hydroxylation is 1. The van der Waals surface area contributed by atoms with Gasteiger partial charge in [-0.3, -0.25) is 4.79 Å². The number of nitrogens with two attached hydrogens (primary N) is 2. The molecule has 0 aliphatic heterocycles. The molecule has 0 radical (unpaired) electrons. The van der Waals surface area contributed by atoms with Crippen LogP contribution in [-0.2, 0) is 0 Å². The van der Waals surface area contributed by atoms with Gasteiger partial charge in [0.25, 0.3) is 5.91 Å². The molecule has 0 saturated heterocycles. The summed E-state index contributed by atoms with van der Waals surface area (Å²) in [5, 5.41) is 9.99. The molecule has 0 spiro atoms. The minimum Gasteiger partial charge on any atom is -0.508 e. The summed E-state index contributed by atoms with van der Waals surface area (Å²) in [6.45, 7) is 3.76. The van der Waals surface area contributed by atoms with Gasteiger partial charge >= 0.3 is 0 Å². The SMILES string of the molecule is Cc1ccc(O)c(C)c1-c1cc2cccn2c(C(N)=O)c1N. The molecule has 2 heterocycles. The van der Waals surface area contributed by atoms with E-state index in [-0.39, 0.29) is 11.4 Å². The fourth-order valence-corrected chi connectivity index (χ4v) is 2.91. The van der Waals surface area contributed by atoms with Gasteiger partial charge in [-0.05, 0) is 54.8 Å². The van der Waals surface area contributed by atoms with E-state index >= 15 is 0 Å². The topological polar surface area (TPSA) is 93.7 Å². The van der Waals surface area contributed by atoms with Crippen molar-refractivity contribution in [1.29, 1.82) is 0 Å². The van der Waals surface area contributed by atoms with Crippen LogP contribution in [-0.4, -0.2) is 15.4 Å². The molecular weight excluding hydrogens is 278 g/mol. The van der Waals surface area contributed by atoms with Crippen molar-refractivity contribution in [2.24, 2.45) is 5.73 Å². The third-order valence-electron chi connectivity index (χ3n) is 4.01. The zero-order valence-electron chi connectivity index (χ0n) is 12.4. The zero-order chi connectivity index (χ0) is 16.0. The molecule has 2 aromatic heterocycles. The van der Waals surface area contributed by atoms with E-state index in [9.17, 15) is 9.90 Å². The predicted octanol–water partition coefficient (Wildman–Crippen LogP) is 2.61. The lowest BCUT2D eigenvalue weighted by Crippen LogP contribution is -2.18. The number of rotatable bonds is 2. The number of nitrogens with zero attached hydrogens (tertiary/aromatic N) is 1. The van der Waals surface area contributed by atoms with Crippen LogP contribution < -0.4 is 11.5 Å². The molecule has 0 saturated carbocycles. The first-order chi connectivity index (χ1) is 10.4. The van der Waals surface area contributed by atoms with Gasteiger partial charge in [0, 0.05) is 17.3 Å². The van der Waals surface area contributed by atoms with Crippen LogP contribution >= 0.6 is 0 Å². The predicted molar refractivity (Wildman–Crippen MR) is 86.9 cm³/mol. The van der Waals surface area contributed by atoms with Crippen molar-refractivity contribution in [2.75, 3.05) is 5.73 Å². The lowest BCUT2D eigenvalue weighted by Gasteiger charge is -2.17. The number of phenolic OH excluding ortho intramolecular Hbond substituents is 1. The van der Waals surface area contributed by atoms with E-state index in [0.717, 1.165) is 22.2 Å². The Morgan fingerprint density at radius 2 is 1.95 bits per heavy atom. The molecule has 5 N–H and O–H groups in total. The van der Waals surface area contributed by atoms with Crippen LogP contribution in [0.25, 0.3) is 16.6 Å². The number of carbonyl (C=O) groups is 1. The van der Waals surface area contributed by atoms with Crippen LogP contribution in [0.15, 0.2) is 36.5 Å². The number of phenols is 1. The Morgan fingerprint density at radius 1 is 1.23 bits per heavy atom. The van der Waals surface area contributed by atoms with Crippen LogP contribution in [0.3, 0.4) is 0 Å². The number of hydrogen-bond donors (Lipinski definition) is 3. The van der Waals surface area contributed by atoms with E-state index in [1.54, 1.807) is 16.7 Å². The summed E-state index contributed by atoms with van der Waals surface area (Å²) in [6, 6.07) is 9.07. The summed E-state index contributed by atoms with van der Waals surface area (Å²) in [4.78, 5) is 11.8. The number of hydrogen-bond acceptors (Lipinski definition) is 3. The largest absolute Gasteiger partial charge is 0.508 e. The van der Waals surface area contributed by atoms with E-state index in [0.29, 0.717) is 11.3 Å². The average Bonchev–Trinajstić information content (AvgIpc) is 2.91. The van der Waals surface area contributed by atoms with Crippen molar-refractivity contribution in [3.05, 3.63) is 53.3 Å². The van der Waals surface area contributed by atoms with Gasteiger partial charge in [-0.2, -0.15) is 0 Å². The summed E-state index contributed by atoms with van der Waals surface area (Å²) < 4.78 is 1.68. The Labute approximate surface area is 127 Å². The number of fused-ring (bicyclic) bond motifs is 1. The van der Waals surface area contributed by atoms with E-state index in [2.05, 4.69) is 0 Å². The number of pyridine rings is 1. The molecule has 5 nitrogen and oxygen atoms in total. The highest BCUT2D eigenvalue weighted by Gasteiger charge is 2.19. The van der Waals surface area contributed by atoms with E-state index < -0.39 is 5.91 Å². The lowest BCUT2D eigenvalue weighted by atomic mass is 9.93. The fourth-order valence-electron chi connectivity index (χ4n) is 2.91. The minimum absolute atomic E-state index is 0.191. The molecular formula is C17H17N3O2. The van der Waals surface area contributed by atoms with Crippen LogP contribution in [0.1, 0.15) is 21.6 Å². The lowest BCUT2D eigenvalue weighted by molar-refractivity contribution is 0.0995. The first-order valence-electron chi connectivity index (χ1n) is 6.90. The molecule has 0 bridgehead atoms. The van der Waals surface area contributed by atoms with Crippen molar-refractivity contribution in [2.45, 2.75) is 13.8 Å². The maximum atomic E-state index is 11.8. The second-order valence-electron chi connectivity index (χ2n) is 5.39. The Balaban J connectivity index is 2.45. The van der Waals surface area contributed by atoms with Crippen molar-refractivity contribution < 1.29 is 9.90 Å². The molecule has 0 atom stereocenters. The smallest absolute Gasteiger partial charge is 0.267 e. The monoisotopic (exact) mass is 295 g/mol. The maximum Gasteiger partial charge on any atom is 0.267 e. The van der Waals surface area contributed by atoms with Gasteiger partial charge in [-0.1, -0.05) is 6.07 Å². The van der Waals surface area contributed by atoms with Gasteiger partial charge < -0.3 is 21.0 Å². The number of amides is 1. The molecule has 1 amide bonds. The van der Waals surface area contributed by atoms with Gasteiger partial charge in [0.2, 0.25) is 0 Å². The second-order valence-corrected chi connectivity index (χ2v) is 5.39. The molecule has 5 heteroatoms. The summed E-state index contributed by atoms with van der Waals surface area (Å²) in [7, 11) is 0. The Kier molecular flexibility index (Phi) is 3.06. The van der Waals surface area contributed by atoms with Crippen molar-refractivity contribution >= 4 is 17.1 Å². The zero-order valence-corrected chi connectivity index (χ0v) is 12.4. The number of anilines is 1. The van der Waals surface area contributed by atoms with Gasteiger partial charge in [-0.15, -0.1) is 0 Å². The molecule has 22 heavy (non-hydrogen) atoms. The number of nitrogen functional groups attached to an aromatic ring is 1. The Bertz CT molecular complexity index is 910. The summed E-state index contributed by atoms with van der Waals surface area (Å²) in [5.41, 5.74) is 16.3. The Morgan fingerprint density at radius 3 is 2.64 bits per heavy atom. The van der Waals surface area contributed by atoms with Crippen molar-refractivity contribution in [1.82, 2.24) is 4.40 Å². The number of primary amides is 1. The number of aromatic hydroxyl groups is 1. The molecule has 112 valence electrons. The van der Waals surface area contributed by atoms with Crippen LogP contribution in [0.2, 0.25) is 0 Å². The summed E-state index contributed by atoms with van der Waals surface area (Å²) in [6.07, 6.45) is 1.75. The summed E-state index contributed by atoms with van der Waals surface area (Å²) in [5.74, 6) is -0.396. The number of carbonyl (C=O) groups excluding carboxylic acids is 1. The van der Waals surface area contributed by atoms with E-state index in [1.165, 1.54) is 0 Å². The van der Waals surface area contributed by atoms with Crippen molar-refractivity contribution in [3.8, 4) is 16.9 Å². The first kappa shape index (κ1) is 14.0. The Hall–Kier alpha value is -2.95. The normalized spacial score (nSPS) is 11.0. The van der Waals surface area contributed by atoms with Crippen molar-refractivity contribution in [3.63, 3.8) is 0 Å². The molecule has 3 aromatic rings. The van der Waals surface area contributed by atoms with Gasteiger partial charge in [0.15, 0.2) is 0 Å². The molecule has 0 aliphatic carbocycles. The van der Waals surface area contributed by atoms with Gasteiger partial charge in [0.1, 0.15) is 11.4 Å². The minimum atomic E-state index is -0.587. The highest BCUT2D eigenvalue weighted by Crippen LogP contribution is 2.37. The molecule has 1 aromatic carbocycles. The van der Waals surface area contributed by atoms with Crippen LogP contribution in [0.5, 0.6) is 5.75 Å². The third kappa shape index (κ3) is 1.90. The fraction of sp³-hybridized carbons (Fsp3) is 0.118. The highest BCUT2D eigenvalue weighted by molar-refractivity contribution is 6.02. The van der Waals surface area contributed by atoms with Gasteiger partial charge in [-0.25, -0.2) is 0 Å². The molecule has 0 fully saturated rings. The number of aromatic nitrogens is 1. The molecule has 0 unspecified atom stereocenters. The van der Waals surface area contributed by atoms with E-state index in [4.69, 9.17) is 11.5 Å². The standard InChI is InChI=1S/C17H17N3O2/c1-9-5-6-13(21)10(2)14(9)12-8-11-4-3-7-20(11)16(15(12)18)17(19)22/h3-8,21H,18H2,1-2H3,(H2,19,22). The highest BCUT2D eigenvalue weighted by atomic mass is 16.3. The van der Waals surface area contributed by atoms with E-state index in [1.807, 2.05) is 38.1 Å². The first-order valence-corrected chi connectivity index (χ1v) is 6.90. The maximum absolute atomic E-state index is 11.8.